The number of esters is 4. The second-order valence-corrected chi connectivity index (χ2v) is 19.8. The third-order valence-electron chi connectivity index (χ3n) is 13.7. The van der Waals surface area contributed by atoms with Crippen molar-refractivity contribution in [3.63, 3.8) is 0 Å². The summed E-state index contributed by atoms with van der Waals surface area (Å²) in [6, 6.07) is 36.5. The molecule has 70 heavy (non-hydrogen) atoms. The largest absolute Gasteiger partial charge is 0.465 e. The van der Waals surface area contributed by atoms with Crippen molar-refractivity contribution in [2.45, 2.75) is 98.7 Å². The Morgan fingerprint density at radius 2 is 1.19 bits per heavy atom. The molecule has 1 saturated heterocycles. The van der Waals surface area contributed by atoms with Gasteiger partial charge in [-0.15, -0.1) is 0 Å². The van der Waals surface area contributed by atoms with Crippen molar-refractivity contribution in [1.82, 2.24) is 0 Å². The van der Waals surface area contributed by atoms with E-state index in [0.29, 0.717) is 38.7 Å². The quantitative estimate of drug-likeness (QED) is 0.0105. The lowest BCUT2D eigenvalue weighted by molar-refractivity contribution is -0.167. The molecular weight excluding hydrogens is 887 g/mol. The average Bonchev–Trinajstić information content (AvgIpc) is 4.20. The minimum atomic E-state index is -1.41. The molecule has 1 heterocycles. The number of aliphatic hydroxyl groups excluding tert-OH is 1. The fourth-order valence-corrected chi connectivity index (χ4v) is 9.50. The summed E-state index contributed by atoms with van der Waals surface area (Å²) in [5.74, 6) is -3.18. The van der Waals surface area contributed by atoms with Gasteiger partial charge >= 0.3 is 23.9 Å². The number of nitrogens with zero attached hydrogens (tertiary/aromatic N) is 1. The SMILES string of the molecule is CCC(C)(CC(C)(CC(CC(C)(C)C(=O)OCCCON=Cc1c2ccccc2cc2ccccc12)C(=O)OCCCCO)C(=O)OCCC1CO1)C(=O)OCc1c2ccccc2cc2ccccc12. The van der Waals surface area contributed by atoms with Crippen LogP contribution < -0.4 is 0 Å². The van der Waals surface area contributed by atoms with Crippen LogP contribution >= 0.6 is 0 Å². The molecule has 1 aliphatic rings. The van der Waals surface area contributed by atoms with Gasteiger partial charge in [-0.2, -0.15) is 0 Å². The Hall–Kier alpha value is -6.37. The van der Waals surface area contributed by atoms with Crippen molar-refractivity contribution < 1.29 is 52.8 Å². The number of rotatable bonds is 26. The molecule has 12 nitrogen and oxygen atoms in total. The first-order valence-electron chi connectivity index (χ1n) is 24.6. The summed E-state index contributed by atoms with van der Waals surface area (Å²) in [6.45, 7) is 9.71. The zero-order valence-corrected chi connectivity index (χ0v) is 41.2. The lowest BCUT2D eigenvalue weighted by atomic mass is 9.66. The molecule has 6 aromatic carbocycles. The Morgan fingerprint density at radius 3 is 1.76 bits per heavy atom. The molecule has 0 aromatic heterocycles. The van der Waals surface area contributed by atoms with Gasteiger partial charge in [0.2, 0.25) is 0 Å². The van der Waals surface area contributed by atoms with Crippen LogP contribution in [-0.2, 0) is 54.3 Å². The molecule has 1 aliphatic heterocycles. The van der Waals surface area contributed by atoms with Crippen molar-refractivity contribution in [1.29, 1.82) is 0 Å². The standard InChI is InChI=1S/C58H67NO11/c1-6-57(4,54(63)69-38-51-48-24-13-9-20-42(48)33-43-21-10-14-25-49(43)51)39-58(5,55(64)67-31-26-45-37-68-45)35-44(52(61)65-28-16-15-27-60)34-56(2,3)53(62)66-29-17-30-70-59-36-50-46-22-11-7-18-40(46)32-41-19-8-12-23-47(41)50/h7-14,18-25,32-33,36,44-45,60H,6,15-17,26-31,34-35,37-39H2,1-5H3. The molecule has 1 fully saturated rings. The van der Waals surface area contributed by atoms with Crippen LogP contribution in [0.25, 0.3) is 43.1 Å². The highest BCUT2D eigenvalue weighted by Gasteiger charge is 2.49. The van der Waals surface area contributed by atoms with Gasteiger partial charge in [0.25, 0.3) is 0 Å². The molecule has 0 aliphatic carbocycles. The van der Waals surface area contributed by atoms with E-state index < -0.39 is 46.0 Å². The first-order valence-corrected chi connectivity index (χ1v) is 24.6. The fraction of sp³-hybridized carbons (Fsp3) is 0.431. The minimum Gasteiger partial charge on any atom is -0.465 e. The van der Waals surface area contributed by atoms with Crippen LogP contribution in [0.4, 0.5) is 0 Å². The van der Waals surface area contributed by atoms with Crippen LogP contribution in [0, 0.1) is 22.2 Å². The van der Waals surface area contributed by atoms with Crippen molar-refractivity contribution in [2.24, 2.45) is 27.3 Å². The molecule has 4 atom stereocenters. The molecule has 0 saturated carbocycles. The molecule has 7 rings (SSSR count). The number of hydrogen-bond acceptors (Lipinski definition) is 12. The molecular formula is C58H67NO11. The van der Waals surface area contributed by atoms with Gasteiger partial charge in [0.15, 0.2) is 0 Å². The Kier molecular flexibility index (Phi) is 17.3. The Morgan fingerprint density at radius 1 is 0.657 bits per heavy atom. The topological polar surface area (TPSA) is 160 Å². The number of epoxide rings is 1. The summed E-state index contributed by atoms with van der Waals surface area (Å²) in [4.78, 5) is 62.5. The zero-order chi connectivity index (χ0) is 49.7. The van der Waals surface area contributed by atoms with E-state index in [9.17, 15) is 24.3 Å². The highest BCUT2D eigenvalue weighted by atomic mass is 16.6. The fourth-order valence-electron chi connectivity index (χ4n) is 9.50. The molecule has 4 unspecified atom stereocenters. The predicted molar refractivity (Wildman–Crippen MR) is 272 cm³/mol. The summed E-state index contributed by atoms with van der Waals surface area (Å²) < 4.78 is 29.0. The number of fused-ring (bicyclic) bond motifs is 4. The second-order valence-electron chi connectivity index (χ2n) is 19.8. The predicted octanol–water partition coefficient (Wildman–Crippen LogP) is 11.2. The van der Waals surface area contributed by atoms with Crippen LogP contribution in [0.3, 0.4) is 0 Å². The normalized spacial score (nSPS) is 15.9. The molecule has 0 radical (unpaired) electrons. The summed E-state index contributed by atoms with van der Waals surface area (Å²) in [7, 11) is 0. The Labute approximate surface area is 410 Å². The molecule has 0 bridgehead atoms. The lowest BCUT2D eigenvalue weighted by Gasteiger charge is -2.38. The number of unbranched alkanes of at least 4 members (excludes halogenated alkanes) is 1. The molecule has 12 heteroatoms. The summed E-state index contributed by atoms with van der Waals surface area (Å²) in [5.41, 5.74) is -1.97. The van der Waals surface area contributed by atoms with Crippen molar-refractivity contribution >= 4 is 73.2 Å². The van der Waals surface area contributed by atoms with E-state index in [4.69, 9.17) is 28.5 Å². The molecule has 1 N–H and O–H groups in total. The van der Waals surface area contributed by atoms with E-state index in [1.165, 1.54) is 0 Å². The number of carbonyl (C=O) groups is 4. The maximum absolute atomic E-state index is 14.5. The number of benzene rings is 6. The van der Waals surface area contributed by atoms with E-state index >= 15 is 0 Å². The van der Waals surface area contributed by atoms with Gasteiger partial charge in [-0.05, 0) is 121 Å². The number of aliphatic hydroxyl groups is 1. The van der Waals surface area contributed by atoms with Crippen LogP contribution in [0.2, 0.25) is 0 Å². The number of hydrogen-bond donors (Lipinski definition) is 1. The zero-order valence-electron chi connectivity index (χ0n) is 41.2. The number of oxime groups is 1. The summed E-state index contributed by atoms with van der Waals surface area (Å²) in [5, 5.41) is 22.0. The van der Waals surface area contributed by atoms with Crippen LogP contribution in [0.15, 0.2) is 114 Å². The number of carbonyl (C=O) groups excluding carboxylic acids is 4. The highest BCUT2D eigenvalue weighted by molar-refractivity contribution is 6.13. The molecule has 0 spiro atoms. The first kappa shape index (κ1) is 51.5. The maximum Gasteiger partial charge on any atom is 0.312 e. The minimum absolute atomic E-state index is 0.0112. The van der Waals surface area contributed by atoms with Gasteiger partial charge in [-0.25, -0.2) is 0 Å². The second kappa shape index (κ2) is 23.5. The smallest absolute Gasteiger partial charge is 0.312 e. The number of ether oxygens (including phenoxy) is 5. The summed E-state index contributed by atoms with van der Waals surface area (Å²) in [6.07, 6.45) is 3.68. The van der Waals surface area contributed by atoms with Crippen LogP contribution in [0.1, 0.15) is 97.1 Å². The Balaban J connectivity index is 1.04. The average molecular weight is 954 g/mol. The van der Waals surface area contributed by atoms with Gasteiger partial charge in [0.05, 0.1) is 60.9 Å². The van der Waals surface area contributed by atoms with Crippen molar-refractivity contribution in [2.75, 3.05) is 39.6 Å². The third-order valence-corrected chi connectivity index (χ3v) is 13.7. The van der Waals surface area contributed by atoms with E-state index in [1.807, 2.05) is 79.7 Å². The molecule has 370 valence electrons. The van der Waals surface area contributed by atoms with Crippen LogP contribution in [-0.4, -0.2) is 80.9 Å². The van der Waals surface area contributed by atoms with Gasteiger partial charge in [-0.3, -0.25) is 19.2 Å². The highest BCUT2D eigenvalue weighted by Crippen LogP contribution is 2.45. The van der Waals surface area contributed by atoms with Crippen molar-refractivity contribution in [3.8, 4) is 0 Å². The van der Waals surface area contributed by atoms with E-state index in [0.717, 1.165) is 54.2 Å². The lowest BCUT2D eigenvalue weighted by Crippen LogP contribution is -2.43. The van der Waals surface area contributed by atoms with Crippen molar-refractivity contribution in [3.05, 3.63) is 120 Å². The summed E-state index contributed by atoms with van der Waals surface area (Å²) >= 11 is 0. The van der Waals surface area contributed by atoms with Gasteiger partial charge < -0.3 is 33.6 Å². The van der Waals surface area contributed by atoms with Gasteiger partial charge in [0.1, 0.15) is 13.2 Å². The third kappa shape index (κ3) is 12.9. The molecule has 0 amide bonds. The maximum atomic E-state index is 14.5. The monoisotopic (exact) mass is 953 g/mol. The first-order chi connectivity index (χ1) is 33.7. The van der Waals surface area contributed by atoms with Gasteiger partial charge in [-0.1, -0.05) is 109 Å². The van der Waals surface area contributed by atoms with Crippen LogP contribution in [0.5, 0.6) is 0 Å². The van der Waals surface area contributed by atoms with E-state index in [1.54, 1.807) is 33.9 Å². The van der Waals surface area contributed by atoms with E-state index in [-0.39, 0.29) is 65.0 Å². The molecule has 6 aromatic rings. The van der Waals surface area contributed by atoms with Gasteiger partial charge in [0, 0.05) is 30.6 Å². The Bertz CT molecular complexity index is 2710. The van der Waals surface area contributed by atoms with E-state index in [2.05, 4.69) is 41.6 Å².